The molecule has 0 saturated carbocycles. The van der Waals surface area contributed by atoms with Gasteiger partial charge in [0.2, 0.25) is 0 Å². The monoisotopic (exact) mass is 259 g/mol. The van der Waals surface area contributed by atoms with Gasteiger partial charge in [-0.1, -0.05) is 6.07 Å². The Morgan fingerprint density at radius 1 is 1.36 bits per heavy atom. The molecule has 0 spiro atoms. The van der Waals surface area contributed by atoms with E-state index in [1.807, 2.05) is 25.1 Å². The average molecular weight is 260 g/mol. The molecule has 0 fully saturated rings. The molecule has 14 heavy (non-hydrogen) atoms. The van der Waals surface area contributed by atoms with E-state index >= 15 is 0 Å². The van der Waals surface area contributed by atoms with Gasteiger partial charge < -0.3 is 15.5 Å². The summed E-state index contributed by atoms with van der Waals surface area (Å²) < 4.78 is 0.935. The van der Waals surface area contributed by atoms with E-state index in [-0.39, 0.29) is 19.3 Å². The molecular formula is C10H14BrNO2. The molecule has 0 aromatic heterocycles. The number of aliphatic hydroxyl groups is 2. The molecule has 4 heteroatoms. The van der Waals surface area contributed by atoms with Crippen LogP contribution in [0.5, 0.6) is 0 Å². The highest BCUT2D eigenvalue weighted by Crippen LogP contribution is 2.23. The first-order chi connectivity index (χ1) is 6.67. The molecule has 0 bridgehead atoms. The molecule has 0 amide bonds. The number of hydrogen-bond donors (Lipinski definition) is 3. The third kappa shape index (κ3) is 2.97. The fraction of sp³-hybridized carbons (Fsp3) is 0.400. The van der Waals surface area contributed by atoms with Crippen molar-refractivity contribution >= 4 is 21.6 Å². The number of rotatable bonds is 4. The lowest BCUT2D eigenvalue weighted by Crippen LogP contribution is -2.27. The molecule has 0 aliphatic heterocycles. The number of hydrogen-bond acceptors (Lipinski definition) is 3. The number of aryl methyl sites for hydroxylation is 1. The van der Waals surface area contributed by atoms with Crippen molar-refractivity contribution in [2.75, 3.05) is 18.5 Å². The highest BCUT2D eigenvalue weighted by atomic mass is 79.9. The van der Waals surface area contributed by atoms with Crippen LogP contribution in [0.4, 0.5) is 5.69 Å². The van der Waals surface area contributed by atoms with Crippen LogP contribution in [-0.2, 0) is 0 Å². The molecule has 0 unspecified atom stereocenters. The molecule has 0 aliphatic rings. The summed E-state index contributed by atoms with van der Waals surface area (Å²) in [7, 11) is 0. The van der Waals surface area contributed by atoms with Crippen LogP contribution in [0.1, 0.15) is 5.56 Å². The van der Waals surface area contributed by atoms with E-state index < -0.39 is 0 Å². The van der Waals surface area contributed by atoms with Gasteiger partial charge in [-0.3, -0.25) is 0 Å². The Morgan fingerprint density at radius 3 is 2.50 bits per heavy atom. The lowest BCUT2D eigenvalue weighted by Gasteiger charge is -2.16. The second kappa shape index (κ2) is 5.34. The first-order valence-electron chi connectivity index (χ1n) is 4.41. The average Bonchev–Trinajstić information content (AvgIpc) is 2.17. The third-order valence-electron chi connectivity index (χ3n) is 1.92. The van der Waals surface area contributed by atoms with Crippen LogP contribution in [0.25, 0.3) is 0 Å². The van der Waals surface area contributed by atoms with E-state index in [2.05, 4.69) is 21.2 Å². The van der Waals surface area contributed by atoms with Crippen molar-refractivity contribution in [2.45, 2.75) is 13.0 Å². The van der Waals surface area contributed by atoms with Crippen molar-refractivity contribution in [2.24, 2.45) is 0 Å². The molecule has 1 rings (SSSR count). The van der Waals surface area contributed by atoms with E-state index in [1.54, 1.807) is 0 Å². The van der Waals surface area contributed by atoms with Gasteiger partial charge in [0.25, 0.3) is 0 Å². The van der Waals surface area contributed by atoms with Crippen LogP contribution in [0.15, 0.2) is 22.7 Å². The second-order valence-corrected chi connectivity index (χ2v) is 4.04. The molecule has 0 saturated heterocycles. The summed E-state index contributed by atoms with van der Waals surface area (Å²) in [6, 6.07) is 5.55. The third-order valence-corrected chi connectivity index (χ3v) is 2.58. The Morgan fingerprint density at radius 2 is 2.00 bits per heavy atom. The predicted octanol–water partition coefficient (Wildman–Crippen LogP) is 1.52. The zero-order valence-electron chi connectivity index (χ0n) is 8.00. The molecule has 1 aromatic rings. The van der Waals surface area contributed by atoms with Gasteiger partial charge in [-0.05, 0) is 40.5 Å². The highest BCUT2D eigenvalue weighted by Gasteiger charge is 2.07. The van der Waals surface area contributed by atoms with Gasteiger partial charge in [0.15, 0.2) is 0 Å². The van der Waals surface area contributed by atoms with Crippen molar-refractivity contribution < 1.29 is 10.2 Å². The molecule has 0 radical (unpaired) electrons. The fourth-order valence-electron chi connectivity index (χ4n) is 1.11. The van der Waals surface area contributed by atoms with Crippen LogP contribution in [0, 0.1) is 6.92 Å². The first-order valence-corrected chi connectivity index (χ1v) is 5.21. The quantitative estimate of drug-likeness (QED) is 0.769. The standard InChI is InChI=1S/C10H14BrNO2/c1-7-2-3-10(9(11)4-7)12-8(5-13)6-14/h2-4,8,12-14H,5-6H2,1H3. The van der Waals surface area contributed by atoms with Gasteiger partial charge in [-0.15, -0.1) is 0 Å². The largest absolute Gasteiger partial charge is 0.394 e. The Kier molecular flexibility index (Phi) is 4.38. The molecule has 78 valence electrons. The number of aliphatic hydroxyl groups excluding tert-OH is 2. The Hall–Kier alpha value is -0.580. The van der Waals surface area contributed by atoms with Crippen molar-refractivity contribution in [3.63, 3.8) is 0 Å². The van der Waals surface area contributed by atoms with E-state index in [1.165, 1.54) is 0 Å². The molecule has 0 heterocycles. The fourth-order valence-corrected chi connectivity index (χ4v) is 1.71. The summed E-state index contributed by atoms with van der Waals surface area (Å²) >= 11 is 3.41. The predicted molar refractivity (Wildman–Crippen MR) is 60.5 cm³/mol. The highest BCUT2D eigenvalue weighted by molar-refractivity contribution is 9.10. The van der Waals surface area contributed by atoms with Crippen molar-refractivity contribution in [1.29, 1.82) is 0 Å². The Labute approximate surface area is 91.9 Å². The SMILES string of the molecule is Cc1ccc(NC(CO)CO)c(Br)c1. The zero-order valence-corrected chi connectivity index (χ0v) is 9.58. The summed E-state index contributed by atoms with van der Waals surface area (Å²) in [5, 5.41) is 20.8. The lowest BCUT2D eigenvalue weighted by atomic mass is 10.2. The summed E-state index contributed by atoms with van der Waals surface area (Å²) in [4.78, 5) is 0. The van der Waals surface area contributed by atoms with Gasteiger partial charge in [0.05, 0.1) is 19.3 Å². The Balaban J connectivity index is 2.76. The second-order valence-electron chi connectivity index (χ2n) is 3.19. The van der Waals surface area contributed by atoms with Gasteiger partial charge in [0.1, 0.15) is 0 Å². The van der Waals surface area contributed by atoms with Gasteiger partial charge >= 0.3 is 0 Å². The van der Waals surface area contributed by atoms with E-state index in [0.717, 1.165) is 15.7 Å². The van der Waals surface area contributed by atoms with Crippen LogP contribution >= 0.6 is 15.9 Å². The number of nitrogens with one attached hydrogen (secondary N) is 1. The topological polar surface area (TPSA) is 52.5 Å². The minimum atomic E-state index is -0.311. The molecule has 0 aliphatic carbocycles. The molecule has 3 nitrogen and oxygen atoms in total. The van der Waals surface area contributed by atoms with Crippen molar-refractivity contribution in [3.8, 4) is 0 Å². The van der Waals surface area contributed by atoms with Gasteiger partial charge in [0, 0.05) is 10.2 Å². The van der Waals surface area contributed by atoms with Gasteiger partial charge in [-0.25, -0.2) is 0 Å². The summed E-state index contributed by atoms with van der Waals surface area (Å²) in [6.07, 6.45) is 0. The number of halogens is 1. The summed E-state index contributed by atoms with van der Waals surface area (Å²) in [5.41, 5.74) is 2.04. The van der Waals surface area contributed by atoms with Crippen LogP contribution < -0.4 is 5.32 Å². The molecule has 0 atom stereocenters. The maximum absolute atomic E-state index is 8.90. The normalized spacial score (nSPS) is 10.6. The maximum Gasteiger partial charge on any atom is 0.0723 e. The molecular weight excluding hydrogens is 246 g/mol. The Bertz CT molecular complexity index is 300. The van der Waals surface area contributed by atoms with Crippen LogP contribution in [0.3, 0.4) is 0 Å². The summed E-state index contributed by atoms with van der Waals surface area (Å²) in [5.74, 6) is 0. The zero-order chi connectivity index (χ0) is 10.6. The van der Waals surface area contributed by atoms with Gasteiger partial charge in [-0.2, -0.15) is 0 Å². The van der Waals surface area contributed by atoms with Crippen LogP contribution in [-0.4, -0.2) is 29.5 Å². The van der Waals surface area contributed by atoms with Crippen molar-refractivity contribution in [1.82, 2.24) is 0 Å². The first kappa shape index (κ1) is 11.5. The lowest BCUT2D eigenvalue weighted by molar-refractivity contribution is 0.204. The number of anilines is 1. The smallest absolute Gasteiger partial charge is 0.0723 e. The van der Waals surface area contributed by atoms with Crippen LogP contribution in [0.2, 0.25) is 0 Å². The molecule has 3 N–H and O–H groups in total. The van der Waals surface area contributed by atoms with E-state index in [0.29, 0.717) is 0 Å². The van der Waals surface area contributed by atoms with E-state index in [9.17, 15) is 0 Å². The van der Waals surface area contributed by atoms with E-state index in [4.69, 9.17) is 10.2 Å². The summed E-state index contributed by atoms with van der Waals surface area (Å²) in [6.45, 7) is 1.83. The number of benzene rings is 1. The minimum absolute atomic E-state index is 0.0865. The van der Waals surface area contributed by atoms with Crippen molar-refractivity contribution in [3.05, 3.63) is 28.2 Å². The molecule has 1 aromatic carbocycles. The minimum Gasteiger partial charge on any atom is -0.394 e. The maximum atomic E-state index is 8.90.